The van der Waals surface area contributed by atoms with E-state index in [1.54, 1.807) is 0 Å². The summed E-state index contributed by atoms with van der Waals surface area (Å²) in [5, 5.41) is 6.61. The topological polar surface area (TPSA) is 44.4 Å². The molecule has 1 amide bonds. The van der Waals surface area contributed by atoms with Gasteiger partial charge in [-0.3, -0.25) is 4.79 Å². The van der Waals surface area contributed by atoms with Crippen molar-refractivity contribution >= 4 is 11.6 Å². The highest BCUT2D eigenvalue weighted by atomic mass is 16.1. The lowest BCUT2D eigenvalue weighted by Gasteiger charge is -2.25. The number of nitrogens with one attached hydrogen (secondary N) is 2. The molecule has 126 valence electrons. The second kappa shape index (κ2) is 7.49. The van der Waals surface area contributed by atoms with Crippen molar-refractivity contribution in [2.75, 3.05) is 32.5 Å². The molecule has 2 aromatic carbocycles. The van der Waals surface area contributed by atoms with Crippen molar-refractivity contribution in [2.45, 2.75) is 18.9 Å². The third-order valence-corrected chi connectivity index (χ3v) is 4.39. The Bertz CT molecular complexity index is 697. The van der Waals surface area contributed by atoms with Gasteiger partial charge in [-0.25, -0.2) is 0 Å². The molecule has 1 aliphatic heterocycles. The summed E-state index contributed by atoms with van der Waals surface area (Å²) in [6.45, 7) is 1.74. The second-order valence-corrected chi connectivity index (χ2v) is 6.56. The number of likely N-dealkylation sites (N-methyl/N-ethyl adjacent to an activating group) is 1. The van der Waals surface area contributed by atoms with Gasteiger partial charge in [0.2, 0.25) is 0 Å². The Hall–Kier alpha value is -2.33. The van der Waals surface area contributed by atoms with Crippen LogP contribution in [0, 0.1) is 0 Å². The van der Waals surface area contributed by atoms with E-state index >= 15 is 0 Å². The fourth-order valence-electron chi connectivity index (χ4n) is 3.24. The van der Waals surface area contributed by atoms with Crippen LogP contribution in [0.25, 0.3) is 0 Å². The summed E-state index contributed by atoms with van der Waals surface area (Å²) in [7, 11) is 4.05. The molecule has 0 radical (unpaired) electrons. The highest BCUT2D eigenvalue weighted by Gasteiger charge is 2.21. The van der Waals surface area contributed by atoms with Gasteiger partial charge in [0.15, 0.2) is 0 Å². The van der Waals surface area contributed by atoms with E-state index in [0.29, 0.717) is 0 Å². The number of anilines is 1. The maximum atomic E-state index is 12.9. The predicted octanol–water partition coefficient (Wildman–Crippen LogP) is 3.08. The van der Waals surface area contributed by atoms with Crippen molar-refractivity contribution in [1.82, 2.24) is 10.2 Å². The number of hydrogen-bond donors (Lipinski definition) is 2. The van der Waals surface area contributed by atoms with Gasteiger partial charge in [0, 0.05) is 24.3 Å². The summed E-state index contributed by atoms with van der Waals surface area (Å²) in [5.41, 5.74) is 4.15. The van der Waals surface area contributed by atoms with Crippen LogP contribution in [-0.4, -0.2) is 38.0 Å². The molecule has 2 N–H and O–H groups in total. The molecular formula is C20H25N3O. The largest absolute Gasteiger partial charge is 0.385 e. The summed E-state index contributed by atoms with van der Waals surface area (Å²) >= 11 is 0. The first-order valence-corrected chi connectivity index (χ1v) is 8.51. The van der Waals surface area contributed by atoms with E-state index in [1.165, 1.54) is 0 Å². The smallest absolute Gasteiger partial charge is 0.252 e. The van der Waals surface area contributed by atoms with Crippen molar-refractivity contribution in [3.8, 4) is 0 Å². The molecule has 0 spiro atoms. The lowest BCUT2D eigenvalue weighted by Crippen LogP contribution is -2.36. The fraction of sp³-hybridized carbons (Fsp3) is 0.350. The van der Waals surface area contributed by atoms with Crippen LogP contribution in [0.3, 0.4) is 0 Å². The van der Waals surface area contributed by atoms with Crippen molar-refractivity contribution in [2.24, 2.45) is 0 Å². The molecule has 1 unspecified atom stereocenters. The minimum atomic E-state index is -0.0268. The van der Waals surface area contributed by atoms with Crippen molar-refractivity contribution < 1.29 is 4.79 Å². The number of fused-ring (bicyclic) bond motifs is 1. The van der Waals surface area contributed by atoms with Crippen LogP contribution >= 0.6 is 0 Å². The van der Waals surface area contributed by atoms with E-state index in [-0.39, 0.29) is 11.9 Å². The number of nitrogens with zero attached hydrogens (tertiary/aromatic N) is 1. The van der Waals surface area contributed by atoms with E-state index in [4.69, 9.17) is 0 Å². The first kappa shape index (κ1) is 16.5. The fourth-order valence-corrected chi connectivity index (χ4v) is 3.24. The normalized spacial score (nSPS) is 14.6. The molecule has 1 atom stereocenters. The van der Waals surface area contributed by atoms with Crippen LogP contribution < -0.4 is 10.6 Å². The Balaban J connectivity index is 1.84. The van der Waals surface area contributed by atoms with Gasteiger partial charge in [0.25, 0.3) is 5.91 Å². The molecule has 3 rings (SSSR count). The van der Waals surface area contributed by atoms with Gasteiger partial charge in [-0.05, 0) is 50.2 Å². The van der Waals surface area contributed by atoms with Crippen LogP contribution in [0.4, 0.5) is 5.69 Å². The van der Waals surface area contributed by atoms with Crippen molar-refractivity contribution in [3.63, 3.8) is 0 Å². The lowest BCUT2D eigenvalue weighted by atomic mass is 9.96. The van der Waals surface area contributed by atoms with E-state index in [9.17, 15) is 4.79 Å². The number of carbonyl (C=O) groups is 1. The van der Waals surface area contributed by atoms with Crippen LogP contribution in [0.2, 0.25) is 0 Å². The average Bonchev–Trinajstić information content (AvgIpc) is 2.61. The number of benzene rings is 2. The zero-order chi connectivity index (χ0) is 16.9. The van der Waals surface area contributed by atoms with Gasteiger partial charge in [0.1, 0.15) is 0 Å². The van der Waals surface area contributed by atoms with E-state index in [2.05, 4.69) is 33.7 Å². The van der Waals surface area contributed by atoms with E-state index < -0.39 is 0 Å². The minimum absolute atomic E-state index is 0.00579. The van der Waals surface area contributed by atoms with Gasteiger partial charge < -0.3 is 15.5 Å². The molecule has 1 heterocycles. The van der Waals surface area contributed by atoms with Gasteiger partial charge in [-0.2, -0.15) is 0 Å². The van der Waals surface area contributed by atoms with Crippen molar-refractivity contribution in [3.05, 3.63) is 65.2 Å². The molecule has 0 aliphatic carbocycles. The molecule has 0 saturated heterocycles. The Morgan fingerprint density at radius 3 is 2.71 bits per heavy atom. The van der Waals surface area contributed by atoms with Gasteiger partial charge in [-0.15, -0.1) is 0 Å². The van der Waals surface area contributed by atoms with Gasteiger partial charge in [-0.1, -0.05) is 36.4 Å². The molecule has 24 heavy (non-hydrogen) atoms. The Morgan fingerprint density at radius 2 is 1.96 bits per heavy atom. The third-order valence-electron chi connectivity index (χ3n) is 4.39. The van der Waals surface area contributed by atoms with Crippen LogP contribution in [-0.2, 0) is 6.42 Å². The number of amides is 1. The molecule has 4 nitrogen and oxygen atoms in total. The first-order chi connectivity index (χ1) is 11.6. The Labute approximate surface area is 143 Å². The summed E-state index contributed by atoms with van der Waals surface area (Å²) < 4.78 is 0. The zero-order valence-corrected chi connectivity index (χ0v) is 14.4. The van der Waals surface area contributed by atoms with Crippen LogP contribution in [0.15, 0.2) is 48.5 Å². The van der Waals surface area contributed by atoms with Crippen LogP contribution in [0.5, 0.6) is 0 Å². The van der Waals surface area contributed by atoms with Crippen LogP contribution in [0.1, 0.15) is 33.9 Å². The maximum Gasteiger partial charge on any atom is 0.252 e. The average molecular weight is 323 g/mol. The lowest BCUT2D eigenvalue weighted by molar-refractivity contribution is 0.0929. The molecule has 0 bridgehead atoms. The molecule has 0 saturated carbocycles. The predicted molar refractivity (Wildman–Crippen MR) is 98.5 cm³/mol. The quantitative estimate of drug-likeness (QED) is 0.889. The molecule has 2 aromatic rings. The van der Waals surface area contributed by atoms with E-state index in [1.807, 2.05) is 44.4 Å². The minimum Gasteiger partial charge on any atom is -0.385 e. The molecule has 0 fully saturated rings. The molecule has 0 aromatic heterocycles. The molecule has 4 heteroatoms. The highest BCUT2D eigenvalue weighted by Crippen LogP contribution is 2.26. The monoisotopic (exact) mass is 323 g/mol. The second-order valence-electron chi connectivity index (χ2n) is 6.56. The summed E-state index contributed by atoms with van der Waals surface area (Å²) in [6.07, 6.45) is 2.02. The van der Waals surface area contributed by atoms with Gasteiger partial charge >= 0.3 is 0 Å². The maximum absolute atomic E-state index is 12.9. The number of rotatable bonds is 5. The van der Waals surface area contributed by atoms with Crippen molar-refractivity contribution in [1.29, 1.82) is 0 Å². The molecule has 1 aliphatic rings. The third kappa shape index (κ3) is 3.77. The summed E-state index contributed by atoms with van der Waals surface area (Å²) in [5.74, 6) is 0.00579. The Kier molecular flexibility index (Phi) is 5.16. The standard InChI is InChI=1S/C20H25N3O/c1-23(2)14-19(15-8-4-3-5-9-15)22-20(24)17-10-6-12-18-16(17)11-7-13-21-18/h3-6,8-10,12,19,21H,7,11,13-14H2,1-2H3,(H,22,24). The summed E-state index contributed by atoms with van der Waals surface area (Å²) in [6, 6.07) is 16.1. The SMILES string of the molecule is CN(C)CC(NC(=O)c1cccc2c1CCCN2)c1ccccc1. The van der Waals surface area contributed by atoms with Gasteiger partial charge in [0.05, 0.1) is 6.04 Å². The van der Waals surface area contributed by atoms with E-state index in [0.717, 1.165) is 48.3 Å². The summed E-state index contributed by atoms with van der Waals surface area (Å²) in [4.78, 5) is 15.0. The Morgan fingerprint density at radius 1 is 1.17 bits per heavy atom. The zero-order valence-electron chi connectivity index (χ0n) is 14.4. The number of carbonyl (C=O) groups excluding carboxylic acids is 1. The highest BCUT2D eigenvalue weighted by molar-refractivity contribution is 5.97. The number of hydrogen-bond acceptors (Lipinski definition) is 3. The molecular weight excluding hydrogens is 298 g/mol. The first-order valence-electron chi connectivity index (χ1n) is 8.51.